The fourth-order valence-electron chi connectivity index (χ4n) is 4.83. The van der Waals surface area contributed by atoms with Crippen LogP contribution in [0.3, 0.4) is 0 Å². The summed E-state index contributed by atoms with van der Waals surface area (Å²) in [5.41, 5.74) is 6.37. The van der Waals surface area contributed by atoms with Crippen LogP contribution in [0, 0.1) is 18.8 Å². The van der Waals surface area contributed by atoms with Crippen molar-refractivity contribution in [3.63, 3.8) is 0 Å². The number of ketones is 1. The largest absolute Gasteiger partial charge is 0.396 e. The number of carbonyl (C=O) groups excluding carboxylic acids is 1. The smallest absolute Gasteiger partial charge is 0.189 e. The standard InChI is InChI=1S/C27H31NO2/c1-19-9-11-20(12-10-19)25-17-24(23-8-5-14-28-18-23)22(13-15-29)16-26(25)27(30)21-6-3-2-4-7-21/h2-4,6-7,9-12,17,22-23,28-29H,5,8,13-16,18H2,1H3. The number of hydrogen-bond donors (Lipinski definition) is 2. The lowest BCUT2D eigenvalue weighted by atomic mass is 9.72. The monoisotopic (exact) mass is 401 g/mol. The van der Waals surface area contributed by atoms with Gasteiger partial charge in [-0.1, -0.05) is 71.8 Å². The average molecular weight is 402 g/mol. The van der Waals surface area contributed by atoms with E-state index in [0.717, 1.165) is 35.4 Å². The van der Waals surface area contributed by atoms with Gasteiger partial charge in [0.25, 0.3) is 0 Å². The molecule has 156 valence electrons. The van der Waals surface area contributed by atoms with Gasteiger partial charge in [0.1, 0.15) is 0 Å². The molecule has 30 heavy (non-hydrogen) atoms. The predicted octanol–water partition coefficient (Wildman–Crippen LogP) is 4.96. The van der Waals surface area contributed by atoms with E-state index >= 15 is 0 Å². The first-order valence-corrected chi connectivity index (χ1v) is 11.1. The fraction of sp³-hybridized carbons (Fsp3) is 0.370. The van der Waals surface area contributed by atoms with Crippen molar-refractivity contribution in [3.8, 4) is 0 Å². The molecule has 0 amide bonds. The van der Waals surface area contributed by atoms with Crippen molar-refractivity contribution in [1.82, 2.24) is 5.32 Å². The van der Waals surface area contributed by atoms with Crippen LogP contribution in [0.15, 0.2) is 71.8 Å². The molecule has 4 rings (SSSR count). The molecule has 0 bridgehead atoms. The molecular formula is C27H31NO2. The summed E-state index contributed by atoms with van der Waals surface area (Å²) >= 11 is 0. The molecule has 3 heteroatoms. The lowest BCUT2D eigenvalue weighted by Gasteiger charge is -2.34. The van der Waals surface area contributed by atoms with Gasteiger partial charge in [-0.15, -0.1) is 0 Å². The van der Waals surface area contributed by atoms with Crippen molar-refractivity contribution in [2.75, 3.05) is 19.7 Å². The molecule has 1 aliphatic carbocycles. The van der Waals surface area contributed by atoms with Crippen molar-refractivity contribution >= 4 is 11.4 Å². The van der Waals surface area contributed by atoms with Crippen molar-refractivity contribution in [2.45, 2.75) is 32.6 Å². The Morgan fingerprint density at radius 3 is 2.53 bits per heavy atom. The van der Waals surface area contributed by atoms with Crippen LogP contribution in [0.4, 0.5) is 0 Å². The fourth-order valence-corrected chi connectivity index (χ4v) is 4.83. The van der Waals surface area contributed by atoms with E-state index in [1.165, 1.54) is 24.0 Å². The second kappa shape index (κ2) is 9.55. The lowest BCUT2D eigenvalue weighted by molar-refractivity contribution is 0.102. The Hall–Kier alpha value is -2.49. The summed E-state index contributed by atoms with van der Waals surface area (Å²) < 4.78 is 0. The van der Waals surface area contributed by atoms with Gasteiger partial charge in [-0.2, -0.15) is 0 Å². The summed E-state index contributed by atoms with van der Waals surface area (Å²) in [5, 5.41) is 13.3. The second-order valence-corrected chi connectivity index (χ2v) is 8.55. The van der Waals surface area contributed by atoms with E-state index < -0.39 is 0 Å². The average Bonchev–Trinajstić information content (AvgIpc) is 2.80. The van der Waals surface area contributed by atoms with Gasteiger partial charge in [0.2, 0.25) is 0 Å². The third kappa shape index (κ3) is 4.48. The lowest BCUT2D eigenvalue weighted by Crippen LogP contribution is -2.34. The van der Waals surface area contributed by atoms with Crippen LogP contribution in [0.2, 0.25) is 0 Å². The Balaban J connectivity index is 1.82. The Morgan fingerprint density at radius 1 is 1.10 bits per heavy atom. The zero-order valence-electron chi connectivity index (χ0n) is 17.7. The van der Waals surface area contributed by atoms with Gasteiger partial charge in [0.05, 0.1) is 0 Å². The summed E-state index contributed by atoms with van der Waals surface area (Å²) in [6.45, 7) is 4.29. The maximum atomic E-state index is 13.5. The molecule has 0 saturated carbocycles. The molecule has 2 aromatic rings. The molecule has 2 unspecified atom stereocenters. The van der Waals surface area contributed by atoms with E-state index in [0.29, 0.717) is 18.8 Å². The SMILES string of the molecule is Cc1ccc(C2=C(C(=O)c3ccccc3)CC(CCO)C(C3CCCNC3)=C2)cc1. The number of rotatable bonds is 6. The van der Waals surface area contributed by atoms with Crippen LogP contribution in [-0.2, 0) is 0 Å². The number of aryl methyl sites for hydroxylation is 1. The summed E-state index contributed by atoms with van der Waals surface area (Å²) in [4.78, 5) is 13.5. The molecule has 1 fully saturated rings. The Morgan fingerprint density at radius 2 is 1.87 bits per heavy atom. The van der Waals surface area contributed by atoms with Gasteiger partial charge in [0, 0.05) is 24.3 Å². The maximum absolute atomic E-state index is 13.5. The summed E-state index contributed by atoms with van der Waals surface area (Å²) in [5.74, 6) is 0.798. The van der Waals surface area contributed by atoms with Gasteiger partial charge in [0.15, 0.2) is 5.78 Å². The molecule has 2 aromatic carbocycles. The number of nitrogens with one attached hydrogen (secondary N) is 1. The van der Waals surface area contributed by atoms with Crippen molar-refractivity contribution in [1.29, 1.82) is 0 Å². The molecule has 1 heterocycles. The van der Waals surface area contributed by atoms with Crippen LogP contribution in [0.25, 0.3) is 5.57 Å². The predicted molar refractivity (Wildman–Crippen MR) is 122 cm³/mol. The Kier molecular flexibility index (Phi) is 6.61. The first-order valence-electron chi connectivity index (χ1n) is 11.1. The van der Waals surface area contributed by atoms with Crippen LogP contribution in [0.1, 0.15) is 47.2 Å². The number of benzene rings is 2. The van der Waals surface area contributed by atoms with E-state index in [2.05, 4.69) is 42.6 Å². The van der Waals surface area contributed by atoms with Crippen molar-refractivity contribution in [2.24, 2.45) is 11.8 Å². The summed E-state index contributed by atoms with van der Waals surface area (Å²) in [6, 6.07) is 18.1. The second-order valence-electron chi connectivity index (χ2n) is 8.55. The van der Waals surface area contributed by atoms with E-state index in [1.807, 2.05) is 30.3 Å². The number of Topliss-reactive ketones (excluding diaryl/α,β-unsaturated/α-hetero) is 1. The molecule has 0 aromatic heterocycles. The Labute approximate surface area is 179 Å². The third-order valence-corrected chi connectivity index (χ3v) is 6.48. The molecule has 2 N–H and O–H groups in total. The van der Waals surface area contributed by atoms with E-state index in [1.54, 1.807) is 0 Å². The summed E-state index contributed by atoms with van der Waals surface area (Å²) in [7, 11) is 0. The van der Waals surface area contributed by atoms with Crippen molar-refractivity contribution in [3.05, 3.63) is 88.5 Å². The molecule has 1 aliphatic heterocycles. The van der Waals surface area contributed by atoms with Gasteiger partial charge in [-0.3, -0.25) is 4.79 Å². The topological polar surface area (TPSA) is 49.3 Å². The van der Waals surface area contributed by atoms with E-state index in [9.17, 15) is 9.90 Å². The molecule has 1 saturated heterocycles. The maximum Gasteiger partial charge on any atom is 0.189 e. The quantitative estimate of drug-likeness (QED) is 0.673. The minimum Gasteiger partial charge on any atom is -0.396 e. The van der Waals surface area contributed by atoms with Crippen LogP contribution in [-0.4, -0.2) is 30.6 Å². The molecule has 2 aliphatic rings. The first-order chi connectivity index (χ1) is 14.7. The number of aliphatic hydroxyl groups excluding tert-OH is 1. The third-order valence-electron chi connectivity index (χ3n) is 6.48. The number of aliphatic hydroxyl groups is 1. The number of allylic oxidation sites excluding steroid dienone is 3. The molecular weight excluding hydrogens is 370 g/mol. The van der Waals surface area contributed by atoms with E-state index in [-0.39, 0.29) is 18.3 Å². The highest BCUT2D eigenvalue weighted by Crippen LogP contribution is 2.41. The summed E-state index contributed by atoms with van der Waals surface area (Å²) in [6.07, 6.45) is 6.02. The van der Waals surface area contributed by atoms with Crippen LogP contribution >= 0.6 is 0 Å². The number of hydrogen-bond acceptors (Lipinski definition) is 3. The van der Waals surface area contributed by atoms with Crippen LogP contribution in [0.5, 0.6) is 0 Å². The molecule has 2 atom stereocenters. The zero-order chi connectivity index (χ0) is 20.9. The highest BCUT2D eigenvalue weighted by Gasteiger charge is 2.32. The zero-order valence-corrected chi connectivity index (χ0v) is 17.7. The minimum atomic E-state index is 0.103. The van der Waals surface area contributed by atoms with Gasteiger partial charge < -0.3 is 10.4 Å². The number of piperidine rings is 1. The number of carbonyl (C=O) groups is 1. The van der Waals surface area contributed by atoms with Crippen molar-refractivity contribution < 1.29 is 9.90 Å². The van der Waals surface area contributed by atoms with Gasteiger partial charge in [-0.25, -0.2) is 0 Å². The highest BCUT2D eigenvalue weighted by molar-refractivity contribution is 6.14. The highest BCUT2D eigenvalue weighted by atomic mass is 16.3. The van der Waals surface area contributed by atoms with Gasteiger partial charge >= 0.3 is 0 Å². The van der Waals surface area contributed by atoms with E-state index in [4.69, 9.17) is 0 Å². The van der Waals surface area contributed by atoms with Crippen LogP contribution < -0.4 is 5.32 Å². The Bertz CT molecular complexity index is 935. The molecule has 0 spiro atoms. The first kappa shape index (κ1) is 20.8. The molecule has 3 nitrogen and oxygen atoms in total. The van der Waals surface area contributed by atoms with Gasteiger partial charge in [-0.05, 0) is 62.1 Å². The minimum absolute atomic E-state index is 0.103. The molecule has 0 radical (unpaired) electrons. The normalized spacial score (nSPS) is 22.0.